The van der Waals surface area contributed by atoms with Gasteiger partial charge in [0.05, 0.1) is 0 Å². The first-order valence-electron chi connectivity index (χ1n) is 21.6. The molecule has 0 saturated heterocycles. The number of rotatable bonds is 20. The van der Waals surface area contributed by atoms with E-state index in [-0.39, 0.29) is 0 Å². The summed E-state index contributed by atoms with van der Waals surface area (Å²) in [6, 6.07) is 44.3. The highest BCUT2D eigenvalue weighted by Crippen LogP contribution is 2.35. The van der Waals surface area contributed by atoms with Gasteiger partial charge >= 0.3 is 0 Å². The maximum atomic E-state index is 2.53. The minimum Gasteiger partial charge on any atom is -0.340 e. The molecule has 1 atom stereocenters. The van der Waals surface area contributed by atoms with E-state index in [2.05, 4.69) is 141 Å². The van der Waals surface area contributed by atoms with Gasteiger partial charge in [0.2, 0.25) is 0 Å². The standard InChI is InChI=1S/C53H65N/c1-53(2,3)40-48(46-33-30-42(31-34-46)17-8-5-4-6-9-19-44-32-35-45-36-37-47(45)39-44)21-16-20-43-28-26-41(27-29-43)18-10-7-15-38-54-51-24-13-11-22-49(51)50-23-12-14-25-52(50)54/h11-14,22-35,39,48H,4-10,15-21,36-38,40H2,1-3H3. The maximum absolute atomic E-state index is 2.53. The van der Waals surface area contributed by atoms with Crippen LogP contribution in [0.15, 0.2) is 115 Å². The van der Waals surface area contributed by atoms with Gasteiger partial charge in [-0.25, -0.2) is 0 Å². The third-order valence-corrected chi connectivity index (χ3v) is 12.2. The van der Waals surface area contributed by atoms with E-state index < -0.39 is 0 Å². The molecular weight excluding hydrogens is 651 g/mol. The van der Waals surface area contributed by atoms with Crippen molar-refractivity contribution in [3.05, 3.63) is 154 Å². The quantitative estimate of drug-likeness (QED) is 0.0694. The van der Waals surface area contributed by atoms with Crippen LogP contribution in [-0.4, -0.2) is 4.57 Å². The van der Waals surface area contributed by atoms with Crippen molar-refractivity contribution in [2.24, 2.45) is 5.41 Å². The van der Waals surface area contributed by atoms with Crippen LogP contribution < -0.4 is 0 Å². The molecule has 1 aliphatic carbocycles. The van der Waals surface area contributed by atoms with Crippen molar-refractivity contribution >= 4 is 21.8 Å². The second kappa shape index (κ2) is 18.5. The highest BCUT2D eigenvalue weighted by Gasteiger charge is 2.20. The summed E-state index contributed by atoms with van der Waals surface area (Å²) in [7, 11) is 0. The largest absolute Gasteiger partial charge is 0.340 e. The van der Waals surface area contributed by atoms with Crippen LogP contribution in [-0.2, 0) is 45.1 Å². The number of aromatic nitrogens is 1. The summed E-state index contributed by atoms with van der Waals surface area (Å²) in [6.07, 6.45) is 21.6. The van der Waals surface area contributed by atoms with Gasteiger partial charge in [-0.15, -0.1) is 0 Å². The fourth-order valence-corrected chi connectivity index (χ4v) is 9.12. The molecule has 1 heteroatoms. The van der Waals surface area contributed by atoms with Gasteiger partial charge in [-0.2, -0.15) is 0 Å². The number of nitrogens with zero attached hydrogens (tertiary/aromatic N) is 1. The Balaban J connectivity index is 0.801. The molecule has 1 aliphatic rings. The zero-order valence-electron chi connectivity index (χ0n) is 33.7. The molecule has 6 aromatic rings. The van der Waals surface area contributed by atoms with Crippen LogP contribution in [0.1, 0.15) is 136 Å². The average molecular weight is 716 g/mol. The molecule has 5 aromatic carbocycles. The molecule has 0 amide bonds. The van der Waals surface area contributed by atoms with Crippen LogP contribution in [0.2, 0.25) is 0 Å². The molecule has 54 heavy (non-hydrogen) atoms. The van der Waals surface area contributed by atoms with Crippen LogP contribution in [0.25, 0.3) is 21.8 Å². The summed E-state index contributed by atoms with van der Waals surface area (Å²) in [6.45, 7) is 8.30. The number of fused-ring (bicyclic) bond motifs is 4. The van der Waals surface area contributed by atoms with E-state index in [0.717, 1.165) is 6.54 Å². The summed E-state index contributed by atoms with van der Waals surface area (Å²) in [5.41, 5.74) is 13.8. The molecule has 0 aliphatic heterocycles. The average Bonchev–Trinajstić information content (AvgIpc) is 3.48. The second-order valence-corrected chi connectivity index (χ2v) is 17.8. The molecule has 1 nitrogen and oxygen atoms in total. The van der Waals surface area contributed by atoms with Crippen molar-refractivity contribution < 1.29 is 0 Å². The Morgan fingerprint density at radius 1 is 0.481 bits per heavy atom. The predicted molar refractivity (Wildman–Crippen MR) is 234 cm³/mol. The molecule has 7 rings (SSSR count). The van der Waals surface area contributed by atoms with E-state index in [1.54, 1.807) is 16.7 Å². The van der Waals surface area contributed by atoms with Crippen LogP contribution in [0.5, 0.6) is 0 Å². The van der Waals surface area contributed by atoms with Crippen LogP contribution in [0.3, 0.4) is 0 Å². The molecule has 1 aromatic heterocycles. The van der Waals surface area contributed by atoms with Crippen molar-refractivity contribution in [3.63, 3.8) is 0 Å². The highest BCUT2D eigenvalue weighted by molar-refractivity contribution is 6.07. The number of hydrogen-bond acceptors (Lipinski definition) is 0. The third-order valence-electron chi connectivity index (χ3n) is 12.2. The van der Waals surface area contributed by atoms with Crippen molar-refractivity contribution in [2.45, 2.75) is 142 Å². The monoisotopic (exact) mass is 716 g/mol. The molecule has 282 valence electrons. The van der Waals surface area contributed by atoms with Gasteiger partial charge in [-0.1, -0.05) is 150 Å². The first-order chi connectivity index (χ1) is 26.4. The van der Waals surface area contributed by atoms with E-state index in [1.807, 2.05) is 0 Å². The van der Waals surface area contributed by atoms with E-state index >= 15 is 0 Å². The Morgan fingerprint density at radius 3 is 1.52 bits per heavy atom. The van der Waals surface area contributed by atoms with Gasteiger partial charge in [0.1, 0.15) is 0 Å². The Morgan fingerprint density at radius 2 is 0.963 bits per heavy atom. The molecule has 0 saturated carbocycles. The molecule has 0 bridgehead atoms. The van der Waals surface area contributed by atoms with E-state index in [4.69, 9.17) is 0 Å². The van der Waals surface area contributed by atoms with Gasteiger partial charge in [0.15, 0.2) is 0 Å². The number of benzene rings is 5. The lowest BCUT2D eigenvalue weighted by atomic mass is 9.79. The molecule has 0 spiro atoms. The Kier molecular flexibility index (Phi) is 13.1. The van der Waals surface area contributed by atoms with Crippen molar-refractivity contribution in [1.29, 1.82) is 0 Å². The molecule has 0 N–H and O–H groups in total. The zero-order valence-corrected chi connectivity index (χ0v) is 33.7. The molecular formula is C53H65N. The predicted octanol–water partition coefficient (Wildman–Crippen LogP) is 14.6. The summed E-state index contributed by atoms with van der Waals surface area (Å²) in [4.78, 5) is 0. The van der Waals surface area contributed by atoms with Gasteiger partial charge in [-0.3, -0.25) is 0 Å². The topological polar surface area (TPSA) is 4.93 Å². The van der Waals surface area contributed by atoms with Gasteiger partial charge in [0, 0.05) is 28.4 Å². The van der Waals surface area contributed by atoms with Gasteiger partial charge in [-0.05, 0) is 146 Å². The first-order valence-corrected chi connectivity index (χ1v) is 21.6. The lowest BCUT2D eigenvalue weighted by molar-refractivity contribution is 0.328. The summed E-state index contributed by atoms with van der Waals surface area (Å²) >= 11 is 0. The Labute approximate surface area is 327 Å². The summed E-state index contributed by atoms with van der Waals surface area (Å²) in [5, 5.41) is 2.75. The van der Waals surface area contributed by atoms with Crippen LogP contribution in [0, 0.1) is 5.41 Å². The third kappa shape index (κ3) is 10.3. The SMILES string of the molecule is CC(C)(C)CC(CCCc1ccc(CCCCCn2c3ccccc3c3ccccc32)cc1)c1ccc(CCCCCCCc2ccc3c(c2)CC3)cc1. The van der Waals surface area contributed by atoms with Crippen molar-refractivity contribution in [1.82, 2.24) is 4.57 Å². The Bertz CT molecular complexity index is 2000. The lowest BCUT2D eigenvalue weighted by Gasteiger charge is -2.27. The summed E-state index contributed by atoms with van der Waals surface area (Å²) < 4.78 is 2.53. The smallest absolute Gasteiger partial charge is 0.0491 e. The molecule has 0 fully saturated rings. The molecule has 1 heterocycles. The number of para-hydroxylation sites is 2. The van der Waals surface area contributed by atoms with Crippen LogP contribution >= 0.6 is 0 Å². The lowest BCUT2D eigenvalue weighted by Crippen LogP contribution is -2.12. The maximum Gasteiger partial charge on any atom is 0.0491 e. The normalized spacial score (nSPS) is 13.3. The summed E-state index contributed by atoms with van der Waals surface area (Å²) in [5.74, 6) is 0.627. The second-order valence-electron chi connectivity index (χ2n) is 17.8. The van der Waals surface area contributed by atoms with Gasteiger partial charge in [0.25, 0.3) is 0 Å². The molecule has 1 unspecified atom stereocenters. The number of aryl methyl sites for hydroxylation is 7. The fraction of sp³-hybridized carbons (Fsp3) is 0.434. The Hall–Kier alpha value is -4.10. The van der Waals surface area contributed by atoms with Crippen molar-refractivity contribution in [2.75, 3.05) is 0 Å². The van der Waals surface area contributed by atoms with Crippen molar-refractivity contribution in [3.8, 4) is 0 Å². The van der Waals surface area contributed by atoms with Gasteiger partial charge < -0.3 is 4.57 Å². The fourth-order valence-electron chi connectivity index (χ4n) is 9.12. The van der Waals surface area contributed by atoms with E-state index in [0.29, 0.717) is 11.3 Å². The highest BCUT2D eigenvalue weighted by atomic mass is 15.0. The zero-order chi connectivity index (χ0) is 37.2. The first kappa shape index (κ1) is 38.2. The minimum atomic E-state index is 0.329. The van der Waals surface area contributed by atoms with Crippen LogP contribution in [0.4, 0.5) is 0 Å². The minimum absolute atomic E-state index is 0.329. The number of hydrogen-bond donors (Lipinski definition) is 0. The van der Waals surface area contributed by atoms with E-state index in [1.165, 1.54) is 153 Å². The number of unbranched alkanes of at least 4 members (excludes halogenated alkanes) is 6. The van der Waals surface area contributed by atoms with E-state index in [9.17, 15) is 0 Å². The molecule has 0 radical (unpaired) electrons.